The van der Waals surface area contributed by atoms with Crippen LogP contribution in [0.1, 0.15) is 16.8 Å². The monoisotopic (exact) mass is 503 g/mol. The van der Waals surface area contributed by atoms with E-state index in [1.807, 2.05) is 36.4 Å². The van der Waals surface area contributed by atoms with Gasteiger partial charge in [-0.15, -0.1) is 16.8 Å². The molecule has 2 amide bonds. The topological polar surface area (TPSA) is 78.9 Å². The predicted octanol–water partition coefficient (Wildman–Crippen LogP) is 3.66. The Morgan fingerprint density at radius 3 is 2.49 bits per heavy atom. The van der Waals surface area contributed by atoms with Crippen molar-refractivity contribution in [3.8, 4) is 17.0 Å². The molecule has 2 aromatic carbocycles. The van der Waals surface area contributed by atoms with Crippen LogP contribution in [0.2, 0.25) is 0 Å². The van der Waals surface area contributed by atoms with Gasteiger partial charge in [0.2, 0.25) is 5.91 Å². The summed E-state index contributed by atoms with van der Waals surface area (Å²) in [6.07, 6.45) is 2.28. The molecule has 1 aliphatic heterocycles. The minimum absolute atomic E-state index is 0.0594. The normalized spacial score (nSPS) is 13.6. The van der Waals surface area contributed by atoms with E-state index in [1.165, 1.54) is 29.2 Å². The third kappa shape index (κ3) is 6.30. The molecule has 192 valence electrons. The Labute approximate surface area is 216 Å². The number of rotatable bonds is 8. The minimum Gasteiger partial charge on any atom is -0.497 e. The summed E-state index contributed by atoms with van der Waals surface area (Å²) in [5, 5.41) is 8.79. The van der Waals surface area contributed by atoms with Crippen LogP contribution >= 0.6 is 0 Å². The van der Waals surface area contributed by atoms with Crippen LogP contribution in [0.25, 0.3) is 11.3 Å². The summed E-state index contributed by atoms with van der Waals surface area (Å²) in [7, 11) is 1.63. The van der Waals surface area contributed by atoms with Crippen LogP contribution in [-0.2, 0) is 4.79 Å². The fourth-order valence-corrected chi connectivity index (χ4v) is 4.25. The molecule has 1 saturated heterocycles. The van der Waals surface area contributed by atoms with E-state index < -0.39 is 11.7 Å². The maximum absolute atomic E-state index is 14.2. The highest BCUT2D eigenvalue weighted by molar-refractivity contribution is 5.96. The van der Waals surface area contributed by atoms with Crippen molar-refractivity contribution in [3.63, 3.8) is 0 Å². The summed E-state index contributed by atoms with van der Waals surface area (Å²) >= 11 is 0. The van der Waals surface area contributed by atoms with Crippen LogP contribution in [0.15, 0.2) is 73.3 Å². The standard InChI is InChI=1S/C28H30FN5O3/c1-3-15-34(28(36)23-7-4-5-8-24(23)29)20-27(35)33-17-6-16-32(18-19-33)26-14-13-25(30-31-26)21-9-11-22(37-2)12-10-21/h3-5,7-14H,1,6,15-20H2,2H3. The predicted molar refractivity (Wildman–Crippen MR) is 140 cm³/mol. The van der Waals surface area contributed by atoms with Gasteiger partial charge < -0.3 is 19.4 Å². The van der Waals surface area contributed by atoms with Crippen LogP contribution in [0, 0.1) is 5.82 Å². The van der Waals surface area contributed by atoms with Crippen molar-refractivity contribution in [2.45, 2.75) is 6.42 Å². The number of anilines is 1. The van der Waals surface area contributed by atoms with Gasteiger partial charge in [0.15, 0.2) is 5.82 Å². The van der Waals surface area contributed by atoms with E-state index in [2.05, 4.69) is 21.7 Å². The molecule has 0 saturated carbocycles. The molecule has 3 aromatic rings. The molecule has 0 N–H and O–H groups in total. The van der Waals surface area contributed by atoms with Crippen LogP contribution in [0.5, 0.6) is 5.75 Å². The Kier molecular flexibility index (Phi) is 8.45. The lowest BCUT2D eigenvalue weighted by Crippen LogP contribution is -2.44. The fourth-order valence-electron chi connectivity index (χ4n) is 4.25. The number of hydrogen-bond acceptors (Lipinski definition) is 6. The van der Waals surface area contributed by atoms with Gasteiger partial charge >= 0.3 is 0 Å². The van der Waals surface area contributed by atoms with Gasteiger partial charge in [0.25, 0.3) is 5.91 Å². The molecule has 0 unspecified atom stereocenters. The molecule has 2 heterocycles. The van der Waals surface area contributed by atoms with E-state index in [1.54, 1.807) is 18.1 Å². The lowest BCUT2D eigenvalue weighted by molar-refractivity contribution is -0.131. The van der Waals surface area contributed by atoms with E-state index >= 15 is 0 Å². The molecule has 37 heavy (non-hydrogen) atoms. The van der Waals surface area contributed by atoms with E-state index in [0.29, 0.717) is 19.6 Å². The third-order valence-corrected chi connectivity index (χ3v) is 6.28. The fraction of sp³-hybridized carbons (Fsp3) is 0.286. The zero-order chi connectivity index (χ0) is 26.2. The first-order valence-corrected chi connectivity index (χ1v) is 12.2. The summed E-state index contributed by atoms with van der Waals surface area (Å²) in [4.78, 5) is 31.1. The second-order valence-electron chi connectivity index (χ2n) is 8.68. The molecular weight excluding hydrogens is 473 g/mol. The number of halogens is 1. The molecule has 0 aliphatic carbocycles. The van der Waals surface area contributed by atoms with Crippen molar-refractivity contribution >= 4 is 17.6 Å². The van der Waals surface area contributed by atoms with Crippen molar-refractivity contribution in [1.82, 2.24) is 20.0 Å². The second kappa shape index (κ2) is 12.1. The second-order valence-corrected chi connectivity index (χ2v) is 8.68. The average Bonchev–Trinajstić information content (AvgIpc) is 3.19. The van der Waals surface area contributed by atoms with Crippen LogP contribution in [0.4, 0.5) is 10.2 Å². The first kappa shape index (κ1) is 25.8. The minimum atomic E-state index is -0.612. The molecule has 0 atom stereocenters. The summed E-state index contributed by atoms with van der Waals surface area (Å²) in [5.74, 6) is 0.193. The third-order valence-electron chi connectivity index (χ3n) is 6.28. The van der Waals surface area contributed by atoms with Crippen LogP contribution in [-0.4, -0.2) is 78.2 Å². The maximum atomic E-state index is 14.2. The van der Waals surface area contributed by atoms with E-state index in [9.17, 15) is 14.0 Å². The first-order valence-electron chi connectivity index (χ1n) is 12.2. The van der Waals surface area contributed by atoms with E-state index in [4.69, 9.17) is 4.74 Å². The Morgan fingerprint density at radius 1 is 1.03 bits per heavy atom. The molecule has 0 spiro atoms. The van der Waals surface area contributed by atoms with Gasteiger partial charge in [0.05, 0.1) is 18.4 Å². The molecule has 4 rings (SSSR count). The number of carbonyl (C=O) groups is 2. The summed E-state index contributed by atoms with van der Waals surface area (Å²) < 4.78 is 19.4. The molecule has 1 fully saturated rings. The first-order chi connectivity index (χ1) is 18.0. The van der Waals surface area contributed by atoms with Gasteiger partial charge in [-0.2, -0.15) is 0 Å². The highest BCUT2D eigenvalue weighted by Gasteiger charge is 2.25. The quantitative estimate of drug-likeness (QED) is 0.437. The average molecular weight is 504 g/mol. The van der Waals surface area contributed by atoms with Crippen LogP contribution < -0.4 is 9.64 Å². The number of nitrogens with zero attached hydrogens (tertiary/aromatic N) is 5. The van der Waals surface area contributed by atoms with Gasteiger partial charge in [-0.05, 0) is 55.0 Å². The van der Waals surface area contributed by atoms with Crippen molar-refractivity contribution in [2.75, 3.05) is 51.3 Å². The van der Waals surface area contributed by atoms with Crippen LogP contribution in [0.3, 0.4) is 0 Å². The number of aromatic nitrogens is 2. The zero-order valence-electron chi connectivity index (χ0n) is 20.8. The summed E-state index contributed by atoms with van der Waals surface area (Å²) in [6, 6.07) is 17.3. The highest BCUT2D eigenvalue weighted by atomic mass is 19.1. The van der Waals surface area contributed by atoms with Gasteiger partial charge in [0.1, 0.15) is 18.1 Å². The summed E-state index contributed by atoms with van der Waals surface area (Å²) in [5.41, 5.74) is 1.65. The highest BCUT2D eigenvalue weighted by Crippen LogP contribution is 2.22. The number of ether oxygens (including phenoxy) is 1. The number of carbonyl (C=O) groups excluding carboxylic acids is 2. The molecular formula is C28H30FN5O3. The van der Waals surface area contributed by atoms with Gasteiger partial charge in [-0.1, -0.05) is 18.2 Å². The molecule has 8 nitrogen and oxygen atoms in total. The Bertz CT molecular complexity index is 1230. The number of hydrogen-bond donors (Lipinski definition) is 0. The van der Waals surface area contributed by atoms with Crippen molar-refractivity contribution in [1.29, 1.82) is 0 Å². The Balaban J connectivity index is 1.37. The van der Waals surface area contributed by atoms with E-state index in [0.717, 1.165) is 35.8 Å². The van der Waals surface area contributed by atoms with E-state index in [-0.39, 0.29) is 24.6 Å². The number of methoxy groups -OCH3 is 1. The number of benzene rings is 2. The lowest BCUT2D eigenvalue weighted by Gasteiger charge is -2.26. The molecule has 1 aromatic heterocycles. The zero-order valence-corrected chi connectivity index (χ0v) is 20.8. The number of amides is 2. The van der Waals surface area contributed by atoms with Gasteiger partial charge in [0, 0.05) is 38.3 Å². The van der Waals surface area contributed by atoms with Crippen molar-refractivity contribution < 1.29 is 18.7 Å². The smallest absolute Gasteiger partial charge is 0.257 e. The molecule has 1 aliphatic rings. The van der Waals surface area contributed by atoms with Crippen molar-refractivity contribution in [2.24, 2.45) is 0 Å². The van der Waals surface area contributed by atoms with Gasteiger partial charge in [-0.3, -0.25) is 9.59 Å². The van der Waals surface area contributed by atoms with Gasteiger partial charge in [-0.25, -0.2) is 4.39 Å². The van der Waals surface area contributed by atoms with Crippen molar-refractivity contribution in [3.05, 3.63) is 84.7 Å². The largest absolute Gasteiger partial charge is 0.497 e. The maximum Gasteiger partial charge on any atom is 0.257 e. The lowest BCUT2D eigenvalue weighted by atomic mass is 10.1. The SMILES string of the molecule is C=CCN(CC(=O)N1CCCN(c2ccc(-c3ccc(OC)cc3)nn2)CC1)C(=O)c1ccccc1F. The molecule has 0 bridgehead atoms. The Hall–Kier alpha value is -4.27. The summed E-state index contributed by atoms with van der Waals surface area (Å²) in [6.45, 7) is 6.03. The molecule has 9 heteroatoms. The molecule has 0 radical (unpaired) electrons. The Morgan fingerprint density at radius 2 is 1.81 bits per heavy atom.